The number of hydrogen-bond donors (Lipinski definition) is 0. The van der Waals surface area contributed by atoms with Crippen molar-refractivity contribution in [3.63, 3.8) is 0 Å². The molecule has 1 aliphatic heterocycles. The number of carbonyl (C=O) groups is 1. The molecule has 1 aromatic heterocycles. The number of ketones is 1. The molecule has 5 nitrogen and oxygen atoms in total. The molecule has 0 saturated carbocycles. The quantitative estimate of drug-likeness (QED) is 0.795. The molecule has 0 unspecified atom stereocenters. The number of fused-ring (bicyclic) bond motifs is 1. The number of aromatic nitrogens is 2. The smallest absolute Gasteiger partial charge is 0.282 e. The summed E-state index contributed by atoms with van der Waals surface area (Å²) in [6.07, 6.45) is 0. The van der Waals surface area contributed by atoms with Gasteiger partial charge in [0.15, 0.2) is 5.78 Å². The van der Waals surface area contributed by atoms with Crippen LogP contribution in [0.25, 0.3) is 10.9 Å². The van der Waals surface area contributed by atoms with Crippen LogP contribution in [0.5, 0.6) is 0 Å². The fraction of sp³-hybridized carbons (Fsp3) is 0.400. The normalized spacial score (nSPS) is 16.7. The van der Waals surface area contributed by atoms with E-state index in [1.165, 1.54) is 23.4 Å². The molecule has 1 fully saturated rings. The van der Waals surface area contributed by atoms with Gasteiger partial charge in [-0.3, -0.25) is 14.2 Å². The number of anilines is 1. The standard InChI is InChI=1S/C15H15F2N3O2/c1-8-4-10(9(2)21)12-11(5-8)13(22)19(3)14(18-12)20-6-15(16,17)7-20/h4-5H,6-7H2,1-3H3. The van der Waals surface area contributed by atoms with E-state index >= 15 is 0 Å². The molecule has 2 heterocycles. The van der Waals surface area contributed by atoms with Gasteiger partial charge >= 0.3 is 0 Å². The summed E-state index contributed by atoms with van der Waals surface area (Å²) >= 11 is 0. The number of halogens is 2. The van der Waals surface area contributed by atoms with E-state index in [-0.39, 0.29) is 22.8 Å². The summed E-state index contributed by atoms with van der Waals surface area (Å²) in [5.41, 5.74) is 1.04. The lowest BCUT2D eigenvalue weighted by molar-refractivity contribution is -0.0275. The second-order valence-corrected chi connectivity index (χ2v) is 5.75. The molecule has 0 radical (unpaired) electrons. The van der Waals surface area contributed by atoms with Crippen LogP contribution in [0, 0.1) is 6.92 Å². The summed E-state index contributed by atoms with van der Waals surface area (Å²) < 4.78 is 27.4. The predicted molar refractivity (Wildman–Crippen MR) is 78.9 cm³/mol. The maximum Gasteiger partial charge on any atom is 0.282 e. The van der Waals surface area contributed by atoms with E-state index in [1.807, 2.05) is 0 Å². The van der Waals surface area contributed by atoms with Crippen molar-refractivity contribution < 1.29 is 13.6 Å². The summed E-state index contributed by atoms with van der Waals surface area (Å²) in [6.45, 7) is 2.24. The van der Waals surface area contributed by atoms with Crippen LogP contribution in [0.2, 0.25) is 0 Å². The third-order valence-corrected chi connectivity index (χ3v) is 3.81. The van der Waals surface area contributed by atoms with Crippen LogP contribution in [-0.4, -0.2) is 34.3 Å². The van der Waals surface area contributed by atoms with Crippen LogP contribution < -0.4 is 10.5 Å². The van der Waals surface area contributed by atoms with Crippen LogP contribution in [0.1, 0.15) is 22.8 Å². The average Bonchev–Trinajstić information content (AvgIpc) is 2.39. The summed E-state index contributed by atoms with van der Waals surface area (Å²) in [7, 11) is 1.50. The van der Waals surface area contributed by atoms with Crippen LogP contribution in [0.4, 0.5) is 14.7 Å². The SMILES string of the molecule is CC(=O)c1cc(C)cc2c(=O)n(C)c(N3CC(F)(F)C3)nc12. The largest absolute Gasteiger partial charge is 0.330 e. The lowest BCUT2D eigenvalue weighted by Crippen LogP contribution is -2.57. The van der Waals surface area contributed by atoms with Crippen molar-refractivity contribution in [2.45, 2.75) is 19.8 Å². The van der Waals surface area contributed by atoms with Gasteiger partial charge in [-0.15, -0.1) is 0 Å². The van der Waals surface area contributed by atoms with Gasteiger partial charge in [0.2, 0.25) is 5.95 Å². The molecule has 3 rings (SSSR count). The van der Waals surface area contributed by atoms with Crippen LogP contribution in [-0.2, 0) is 7.05 Å². The fourth-order valence-electron chi connectivity index (χ4n) is 2.71. The highest BCUT2D eigenvalue weighted by molar-refractivity contribution is 6.05. The Bertz CT molecular complexity index is 850. The Morgan fingerprint density at radius 3 is 2.50 bits per heavy atom. The van der Waals surface area contributed by atoms with E-state index < -0.39 is 19.0 Å². The van der Waals surface area contributed by atoms with Crippen LogP contribution >= 0.6 is 0 Å². The number of benzene rings is 1. The first kappa shape index (κ1) is 14.6. The van der Waals surface area contributed by atoms with Gasteiger partial charge < -0.3 is 4.90 Å². The lowest BCUT2D eigenvalue weighted by atomic mass is 10.0. The Hall–Kier alpha value is -2.31. The first-order chi connectivity index (χ1) is 10.2. The molecule has 7 heteroatoms. The summed E-state index contributed by atoms with van der Waals surface area (Å²) in [5, 5.41) is 0.323. The molecule has 0 atom stereocenters. The maximum atomic E-state index is 13.1. The molecule has 1 saturated heterocycles. The Labute approximate surface area is 125 Å². The third kappa shape index (κ3) is 2.17. The number of carbonyl (C=O) groups excluding carboxylic acids is 1. The third-order valence-electron chi connectivity index (χ3n) is 3.81. The molecule has 22 heavy (non-hydrogen) atoms. The number of Topliss-reactive ketones (excluding diaryl/α,β-unsaturated/α-hetero) is 1. The second-order valence-electron chi connectivity index (χ2n) is 5.75. The highest BCUT2D eigenvalue weighted by atomic mass is 19.3. The molecule has 0 N–H and O–H groups in total. The van der Waals surface area contributed by atoms with Crippen LogP contribution in [0.15, 0.2) is 16.9 Å². The highest BCUT2D eigenvalue weighted by Crippen LogP contribution is 2.31. The number of aryl methyl sites for hydroxylation is 1. The zero-order valence-electron chi connectivity index (χ0n) is 12.5. The Morgan fingerprint density at radius 1 is 1.32 bits per heavy atom. The molecule has 116 valence electrons. The van der Waals surface area contributed by atoms with Gasteiger partial charge in [0.1, 0.15) is 0 Å². The van der Waals surface area contributed by atoms with E-state index in [1.54, 1.807) is 19.1 Å². The summed E-state index contributed by atoms with van der Waals surface area (Å²) in [4.78, 5) is 29.9. The molecule has 1 aromatic carbocycles. The number of nitrogens with zero attached hydrogens (tertiary/aromatic N) is 3. The zero-order valence-corrected chi connectivity index (χ0v) is 12.5. The van der Waals surface area contributed by atoms with E-state index in [0.29, 0.717) is 10.9 Å². The van der Waals surface area contributed by atoms with Crippen molar-refractivity contribution in [3.8, 4) is 0 Å². The minimum atomic E-state index is -2.76. The maximum absolute atomic E-state index is 13.1. The predicted octanol–water partition coefficient (Wildman–Crippen LogP) is 1.90. The Morgan fingerprint density at radius 2 is 1.95 bits per heavy atom. The molecular formula is C15H15F2N3O2. The van der Waals surface area contributed by atoms with Crippen molar-refractivity contribution in [3.05, 3.63) is 33.6 Å². The average molecular weight is 307 g/mol. The van der Waals surface area contributed by atoms with E-state index in [4.69, 9.17) is 0 Å². The molecule has 0 amide bonds. The van der Waals surface area contributed by atoms with E-state index in [0.717, 1.165) is 5.56 Å². The molecule has 1 aliphatic rings. The van der Waals surface area contributed by atoms with Gasteiger partial charge in [0.05, 0.1) is 24.0 Å². The Kier molecular flexibility index (Phi) is 3.05. The minimum Gasteiger partial charge on any atom is -0.330 e. The number of rotatable bonds is 2. The zero-order chi connectivity index (χ0) is 16.2. The molecule has 0 aliphatic carbocycles. The highest BCUT2D eigenvalue weighted by Gasteiger charge is 2.45. The van der Waals surface area contributed by atoms with Crippen molar-refractivity contribution in [1.82, 2.24) is 9.55 Å². The molecule has 0 bridgehead atoms. The first-order valence-corrected chi connectivity index (χ1v) is 6.85. The first-order valence-electron chi connectivity index (χ1n) is 6.85. The summed E-state index contributed by atoms with van der Waals surface area (Å²) in [6, 6.07) is 3.32. The van der Waals surface area contributed by atoms with Crippen molar-refractivity contribution in [2.75, 3.05) is 18.0 Å². The van der Waals surface area contributed by atoms with Crippen molar-refractivity contribution >= 4 is 22.6 Å². The van der Waals surface area contributed by atoms with Gasteiger partial charge in [-0.05, 0) is 31.5 Å². The Balaban J connectivity index is 2.27. The monoisotopic (exact) mass is 307 g/mol. The molecule has 0 spiro atoms. The van der Waals surface area contributed by atoms with Gasteiger partial charge in [0.25, 0.3) is 11.5 Å². The summed E-state index contributed by atoms with van der Waals surface area (Å²) in [5.74, 6) is -2.81. The van der Waals surface area contributed by atoms with Gasteiger partial charge in [0, 0.05) is 12.6 Å². The fourth-order valence-corrected chi connectivity index (χ4v) is 2.71. The van der Waals surface area contributed by atoms with Gasteiger partial charge in [-0.1, -0.05) is 0 Å². The van der Waals surface area contributed by atoms with Crippen LogP contribution in [0.3, 0.4) is 0 Å². The van der Waals surface area contributed by atoms with Gasteiger partial charge in [-0.2, -0.15) is 0 Å². The van der Waals surface area contributed by atoms with Gasteiger partial charge in [-0.25, -0.2) is 13.8 Å². The number of hydrogen-bond acceptors (Lipinski definition) is 4. The van der Waals surface area contributed by atoms with E-state index in [9.17, 15) is 18.4 Å². The second kappa shape index (κ2) is 4.59. The van der Waals surface area contributed by atoms with E-state index in [2.05, 4.69) is 4.98 Å². The van der Waals surface area contributed by atoms with Crippen molar-refractivity contribution in [2.24, 2.45) is 7.05 Å². The van der Waals surface area contributed by atoms with Crippen molar-refractivity contribution in [1.29, 1.82) is 0 Å². The lowest BCUT2D eigenvalue weighted by Gasteiger charge is -2.39. The minimum absolute atomic E-state index is 0.162. The number of alkyl halides is 2. The molecule has 2 aromatic rings. The molecular weight excluding hydrogens is 292 g/mol. The topological polar surface area (TPSA) is 55.2 Å².